The zero-order chi connectivity index (χ0) is 16.2. The molecule has 0 saturated carbocycles. The first-order chi connectivity index (χ1) is 11.2. The van der Waals surface area contributed by atoms with Gasteiger partial charge in [0, 0.05) is 39.3 Å². The molecule has 0 spiro atoms. The van der Waals surface area contributed by atoms with E-state index in [4.69, 9.17) is 9.26 Å². The Morgan fingerprint density at radius 1 is 1.22 bits per heavy atom. The largest absolute Gasteiger partial charge is 0.377 e. The molecule has 1 aliphatic heterocycles. The average Bonchev–Trinajstić information content (AvgIpc) is 3.26. The average molecular weight is 336 g/mol. The number of piperazine rings is 1. The summed E-state index contributed by atoms with van der Waals surface area (Å²) in [6, 6.07) is 2.85. The molecule has 2 aromatic rings. The molecule has 126 valence electrons. The lowest BCUT2D eigenvalue weighted by atomic mass is 10.1. The Labute approximate surface area is 141 Å². The van der Waals surface area contributed by atoms with Gasteiger partial charge in [-0.25, -0.2) is 0 Å². The Bertz CT molecular complexity index is 593. The highest BCUT2D eigenvalue weighted by Gasteiger charge is 2.28. The number of aromatic nitrogens is 2. The van der Waals surface area contributed by atoms with E-state index in [0.717, 1.165) is 26.2 Å². The van der Waals surface area contributed by atoms with Crippen LogP contribution in [0.4, 0.5) is 0 Å². The standard InChI is InChI=1S/C16H24N4O2S/c1-12(14-4-9-23-11-14)19-5-7-20(8-6-19)13(2)16-17-15(10-21-3)18-22-16/h4,9,11-13H,5-8,10H2,1-3H3/t12-,13+/m0/s1. The van der Waals surface area contributed by atoms with Gasteiger partial charge in [-0.1, -0.05) is 5.16 Å². The highest BCUT2D eigenvalue weighted by Crippen LogP contribution is 2.26. The van der Waals surface area contributed by atoms with Crippen molar-refractivity contribution in [3.63, 3.8) is 0 Å². The van der Waals surface area contributed by atoms with E-state index in [0.29, 0.717) is 24.4 Å². The smallest absolute Gasteiger partial charge is 0.243 e. The second kappa shape index (κ2) is 7.53. The molecule has 2 aromatic heterocycles. The minimum atomic E-state index is 0.145. The van der Waals surface area contributed by atoms with Crippen LogP contribution in [0.15, 0.2) is 21.3 Å². The molecule has 2 atom stereocenters. The van der Waals surface area contributed by atoms with Crippen LogP contribution in [-0.4, -0.2) is 53.2 Å². The van der Waals surface area contributed by atoms with Gasteiger partial charge >= 0.3 is 0 Å². The van der Waals surface area contributed by atoms with E-state index in [1.807, 2.05) is 0 Å². The van der Waals surface area contributed by atoms with E-state index < -0.39 is 0 Å². The molecular formula is C16H24N4O2S. The van der Waals surface area contributed by atoms with Gasteiger partial charge in [-0.05, 0) is 36.2 Å². The van der Waals surface area contributed by atoms with Crippen LogP contribution in [-0.2, 0) is 11.3 Å². The van der Waals surface area contributed by atoms with Gasteiger partial charge in [0.05, 0.1) is 6.04 Å². The molecule has 1 fully saturated rings. The molecule has 1 saturated heterocycles. The third-order valence-electron chi connectivity index (χ3n) is 4.58. The molecule has 7 heteroatoms. The molecule has 0 unspecified atom stereocenters. The summed E-state index contributed by atoms with van der Waals surface area (Å²) in [5.74, 6) is 1.29. The molecule has 0 amide bonds. The van der Waals surface area contributed by atoms with Gasteiger partial charge in [0.1, 0.15) is 6.61 Å². The zero-order valence-electron chi connectivity index (χ0n) is 13.9. The molecule has 3 heterocycles. The Kier molecular flexibility index (Phi) is 5.42. The van der Waals surface area contributed by atoms with Crippen molar-refractivity contribution in [2.24, 2.45) is 0 Å². The fourth-order valence-corrected chi connectivity index (χ4v) is 3.76. The molecule has 23 heavy (non-hydrogen) atoms. The summed E-state index contributed by atoms with van der Waals surface area (Å²) < 4.78 is 10.4. The molecule has 1 aliphatic rings. The number of ether oxygens (including phenoxy) is 1. The van der Waals surface area contributed by atoms with Crippen LogP contribution in [0.1, 0.15) is 43.2 Å². The first-order valence-electron chi connectivity index (χ1n) is 8.00. The molecule has 0 aliphatic carbocycles. The normalized spacial score (nSPS) is 19.8. The Morgan fingerprint density at radius 2 is 1.91 bits per heavy atom. The zero-order valence-corrected chi connectivity index (χ0v) is 14.8. The highest BCUT2D eigenvalue weighted by molar-refractivity contribution is 7.07. The second-order valence-electron chi connectivity index (χ2n) is 5.96. The first kappa shape index (κ1) is 16.6. The van der Waals surface area contributed by atoms with E-state index in [1.165, 1.54) is 5.56 Å². The summed E-state index contributed by atoms with van der Waals surface area (Å²) in [5, 5.41) is 8.35. The number of hydrogen-bond acceptors (Lipinski definition) is 7. The number of methoxy groups -OCH3 is 1. The van der Waals surface area contributed by atoms with Crippen LogP contribution in [0, 0.1) is 0 Å². The van der Waals surface area contributed by atoms with Gasteiger partial charge in [0.15, 0.2) is 5.82 Å². The van der Waals surface area contributed by atoms with Gasteiger partial charge in [-0.2, -0.15) is 16.3 Å². The molecule has 0 radical (unpaired) electrons. The highest BCUT2D eigenvalue weighted by atomic mass is 32.1. The summed E-state index contributed by atoms with van der Waals surface area (Å²) in [6.45, 7) is 8.94. The maximum Gasteiger partial charge on any atom is 0.243 e. The summed E-state index contributed by atoms with van der Waals surface area (Å²) in [5.41, 5.74) is 1.41. The van der Waals surface area contributed by atoms with Crippen LogP contribution in [0.5, 0.6) is 0 Å². The topological polar surface area (TPSA) is 54.6 Å². The van der Waals surface area contributed by atoms with Crippen molar-refractivity contribution in [3.05, 3.63) is 34.1 Å². The van der Waals surface area contributed by atoms with Gasteiger partial charge < -0.3 is 9.26 Å². The number of rotatable bonds is 6. The molecular weight excluding hydrogens is 312 g/mol. The van der Waals surface area contributed by atoms with Crippen LogP contribution in [0.25, 0.3) is 0 Å². The SMILES string of the molecule is COCc1noc([C@@H](C)N2CCN([C@@H](C)c3ccsc3)CC2)n1. The minimum absolute atomic E-state index is 0.145. The second-order valence-corrected chi connectivity index (χ2v) is 6.74. The molecule has 0 bridgehead atoms. The van der Waals surface area contributed by atoms with Crippen LogP contribution in [0.3, 0.4) is 0 Å². The lowest BCUT2D eigenvalue weighted by molar-refractivity contribution is 0.0678. The lowest BCUT2D eigenvalue weighted by Crippen LogP contribution is -2.47. The molecule has 6 nitrogen and oxygen atoms in total. The predicted molar refractivity (Wildman–Crippen MR) is 89.3 cm³/mol. The van der Waals surface area contributed by atoms with Crippen molar-refractivity contribution < 1.29 is 9.26 Å². The van der Waals surface area contributed by atoms with Crippen molar-refractivity contribution in [1.82, 2.24) is 19.9 Å². The fraction of sp³-hybridized carbons (Fsp3) is 0.625. The number of nitrogens with zero attached hydrogens (tertiary/aromatic N) is 4. The third kappa shape index (κ3) is 3.80. The van der Waals surface area contributed by atoms with Gasteiger partial charge in [-0.3, -0.25) is 9.80 Å². The van der Waals surface area contributed by atoms with E-state index in [1.54, 1.807) is 18.4 Å². The quantitative estimate of drug-likeness (QED) is 0.808. The Morgan fingerprint density at radius 3 is 2.52 bits per heavy atom. The van der Waals surface area contributed by atoms with E-state index >= 15 is 0 Å². The van der Waals surface area contributed by atoms with Crippen LogP contribution in [0.2, 0.25) is 0 Å². The lowest BCUT2D eigenvalue weighted by Gasteiger charge is -2.39. The summed E-state index contributed by atoms with van der Waals surface area (Å²) >= 11 is 1.77. The van der Waals surface area contributed by atoms with Crippen LogP contribution >= 0.6 is 11.3 Å². The predicted octanol–water partition coefficient (Wildman–Crippen LogP) is 2.72. The molecule has 0 aromatic carbocycles. The van der Waals surface area contributed by atoms with E-state index in [-0.39, 0.29) is 6.04 Å². The van der Waals surface area contributed by atoms with Crippen molar-refractivity contribution in [3.8, 4) is 0 Å². The Hall–Kier alpha value is -1.28. The van der Waals surface area contributed by atoms with Gasteiger partial charge in [-0.15, -0.1) is 0 Å². The van der Waals surface area contributed by atoms with E-state index in [9.17, 15) is 0 Å². The number of thiophene rings is 1. The van der Waals surface area contributed by atoms with Crippen molar-refractivity contribution in [2.45, 2.75) is 32.5 Å². The van der Waals surface area contributed by atoms with Gasteiger partial charge in [0.25, 0.3) is 0 Å². The maximum atomic E-state index is 5.37. The van der Waals surface area contributed by atoms with Crippen LogP contribution < -0.4 is 0 Å². The summed E-state index contributed by atoms with van der Waals surface area (Å²) in [7, 11) is 1.63. The molecule has 3 rings (SSSR count). The van der Waals surface area contributed by atoms with Gasteiger partial charge in [0.2, 0.25) is 5.89 Å². The van der Waals surface area contributed by atoms with Crippen molar-refractivity contribution in [2.75, 3.05) is 33.3 Å². The van der Waals surface area contributed by atoms with Crippen molar-refractivity contribution >= 4 is 11.3 Å². The monoisotopic (exact) mass is 336 g/mol. The Balaban J connectivity index is 1.55. The summed E-state index contributed by atoms with van der Waals surface area (Å²) in [6.07, 6.45) is 0. The number of hydrogen-bond donors (Lipinski definition) is 0. The fourth-order valence-electron chi connectivity index (χ4n) is 3.02. The van der Waals surface area contributed by atoms with E-state index in [2.05, 4.69) is 50.6 Å². The first-order valence-corrected chi connectivity index (χ1v) is 8.95. The molecule has 0 N–H and O–H groups in total. The minimum Gasteiger partial charge on any atom is -0.377 e. The summed E-state index contributed by atoms with van der Waals surface area (Å²) in [4.78, 5) is 9.35. The third-order valence-corrected chi connectivity index (χ3v) is 5.29. The maximum absolute atomic E-state index is 5.37. The van der Waals surface area contributed by atoms with Crippen molar-refractivity contribution in [1.29, 1.82) is 0 Å².